The molecule has 114 valence electrons. The van der Waals surface area contributed by atoms with Crippen molar-refractivity contribution in [1.82, 2.24) is 15.1 Å². The fraction of sp³-hybridized carbons (Fsp3) is 0.385. The maximum atomic E-state index is 12.9. The van der Waals surface area contributed by atoms with Crippen LogP contribution in [0.5, 0.6) is 0 Å². The third kappa shape index (κ3) is 2.58. The second-order valence-corrected chi connectivity index (χ2v) is 4.87. The van der Waals surface area contributed by atoms with Crippen molar-refractivity contribution < 1.29 is 23.1 Å². The quantitative estimate of drug-likeness (QED) is 0.907. The Bertz CT molecular complexity index is 681. The smallest absolute Gasteiger partial charge is 0.417 e. The molecule has 0 amide bonds. The van der Waals surface area contributed by atoms with Crippen molar-refractivity contribution in [1.29, 1.82) is 0 Å². The highest BCUT2D eigenvalue weighted by atomic mass is 19.4. The molecule has 1 aromatic carbocycles. The molecule has 0 saturated carbocycles. The fourth-order valence-corrected chi connectivity index (χ4v) is 1.98. The van der Waals surface area contributed by atoms with Gasteiger partial charge in [0.1, 0.15) is 0 Å². The van der Waals surface area contributed by atoms with E-state index >= 15 is 0 Å². The first-order valence-corrected chi connectivity index (χ1v) is 6.12. The van der Waals surface area contributed by atoms with Gasteiger partial charge in [0.05, 0.1) is 11.2 Å². The molecule has 21 heavy (non-hydrogen) atoms. The van der Waals surface area contributed by atoms with Gasteiger partial charge < -0.3 is 5.11 Å². The van der Waals surface area contributed by atoms with Crippen LogP contribution < -0.4 is 5.32 Å². The van der Waals surface area contributed by atoms with Crippen molar-refractivity contribution >= 4 is 16.9 Å². The minimum Gasteiger partial charge on any atom is -0.480 e. The van der Waals surface area contributed by atoms with Gasteiger partial charge in [-0.3, -0.25) is 10.00 Å². The van der Waals surface area contributed by atoms with Gasteiger partial charge in [0.25, 0.3) is 0 Å². The summed E-state index contributed by atoms with van der Waals surface area (Å²) in [5.74, 6) is -1.98. The normalized spacial score (nSPS) is 15.1. The number of carbonyl (C=O) groups is 1. The minimum absolute atomic E-state index is 0.302. The SMILES string of the molecule is Cn1nc(CNC(C)(C(=O)O)C(F)(F)F)c2ccccc21. The highest BCUT2D eigenvalue weighted by Gasteiger charge is 2.57. The summed E-state index contributed by atoms with van der Waals surface area (Å²) in [5.41, 5.74) is -1.89. The number of hydrogen-bond donors (Lipinski definition) is 2. The molecule has 1 heterocycles. The summed E-state index contributed by atoms with van der Waals surface area (Å²) in [6.45, 7) is 0.296. The van der Waals surface area contributed by atoms with Crippen molar-refractivity contribution in [2.45, 2.75) is 25.2 Å². The van der Waals surface area contributed by atoms with Crippen LogP contribution in [0.2, 0.25) is 0 Å². The van der Waals surface area contributed by atoms with Gasteiger partial charge in [-0.2, -0.15) is 18.3 Å². The number of alkyl halides is 3. The molecular weight excluding hydrogens is 287 g/mol. The predicted molar refractivity (Wildman–Crippen MR) is 69.6 cm³/mol. The van der Waals surface area contributed by atoms with Gasteiger partial charge in [0.15, 0.2) is 0 Å². The molecule has 1 unspecified atom stereocenters. The average molecular weight is 301 g/mol. The van der Waals surface area contributed by atoms with Gasteiger partial charge >= 0.3 is 12.1 Å². The molecule has 0 fully saturated rings. The number of aryl methyl sites for hydroxylation is 1. The van der Waals surface area contributed by atoms with E-state index in [0.29, 0.717) is 18.0 Å². The number of nitrogens with one attached hydrogen (secondary N) is 1. The van der Waals surface area contributed by atoms with Crippen LogP contribution in [-0.4, -0.2) is 32.6 Å². The van der Waals surface area contributed by atoms with Crippen molar-refractivity contribution in [2.75, 3.05) is 0 Å². The van der Waals surface area contributed by atoms with E-state index in [0.717, 1.165) is 5.52 Å². The van der Waals surface area contributed by atoms with Gasteiger partial charge in [-0.1, -0.05) is 18.2 Å². The van der Waals surface area contributed by atoms with Crippen molar-refractivity contribution in [3.63, 3.8) is 0 Å². The Labute approximate surface area is 118 Å². The summed E-state index contributed by atoms with van der Waals surface area (Å²) in [5, 5.41) is 15.7. The van der Waals surface area contributed by atoms with Crippen molar-refractivity contribution in [2.24, 2.45) is 7.05 Å². The summed E-state index contributed by atoms with van der Waals surface area (Å²) in [6, 6.07) is 7.04. The van der Waals surface area contributed by atoms with Crippen molar-refractivity contribution in [3.8, 4) is 0 Å². The lowest BCUT2D eigenvalue weighted by molar-refractivity contribution is -0.206. The lowest BCUT2D eigenvalue weighted by Crippen LogP contribution is -2.59. The van der Waals surface area contributed by atoms with E-state index in [-0.39, 0.29) is 6.54 Å². The molecule has 5 nitrogen and oxygen atoms in total. The zero-order valence-electron chi connectivity index (χ0n) is 11.4. The molecule has 2 N–H and O–H groups in total. The van der Waals surface area contributed by atoms with Crippen LogP contribution in [-0.2, 0) is 18.4 Å². The molecule has 0 saturated heterocycles. The number of halogens is 3. The molecular formula is C13H14F3N3O2. The molecule has 2 aromatic rings. The van der Waals surface area contributed by atoms with Crippen LogP contribution in [0.4, 0.5) is 13.2 Å². The fourth-order valence-electron chi connectivity index (χ4n) is 1.98. The van der Waals surface area contributed by atoms with Crippen LogP contribution in [0.15, 0.2) is 24.3 Å². The zero-order chi connectivity index (χ0) is 15.8. The molecule has 0 bridgehead atoms. The van der Waals surface area contributed by atoms with E-state index in [2.05, 4.69) is 10.4 Å². The molecule has 8 heteroatoms. The maximum absolute atomic E-state index is 12.9. The summed E-state index contributed by atoms with van der Waals surface area (Å²) >= 11 is 0. The lowest BCUT2D eigenvalue weighted by Gasteiger charge is -2.28. The Hall–Kier alpha value is -2.09. The number of aliphatic carboxylic acids is 1. The van der Waals surface area contributed by atoms with Gasteiger partial charge in [0.2, 0.25) is 5.54 Å². The van der Waals surface area contributed by atoms with E-state index in [1.54, 1.807) is 31.3 Å². The van der Waals surface area contributed by atoms with Gasteiger partial charge in [-0.05, 0) is 13.0 Å². The molecule has 0 aliphatic carbocycles. The Morgan fingerprint density at radius 2 is 2.00 bits per heavy atom. The largest absolute Gasteiger partial charge is 0.480 e. The Morgan fingerprint density at radius 1 is 1.38 bits per heavy atom. The lowest BCUT2D eigenvalue weighted by atomic mass is 10.0. The standard InChI is InChI=1S/C13H14F3N3O2/c1-12(11(20)21,13(14,15)16)17-7-9-8-5-3-4-6-10(8)19(2)18-9/h3-6,17H,7H2,1-2H3,(H,20,21). The number of nitrogens with zero attached hydrogens (tertiary/aromatic N) is 2. The Morgan fingerprint density at radius 3 is 2.57 bits per heavy atom. The summed E-state index contributed by atoms with van der Waals surface area (Å²) in [4.78, 5) is 10.9. The molecule has 0 spiro atoms. The van der Waals surface area contributed by atoms with E-state index in [4.69, 9.17) is 5.11 Å². The molecule has 0 aliphatic heterocycles. The van der Waals surface area contributed by atoms with Crippen LogP contribution in [0, 0.1) is 0 Å². The number of carboxylic acid groups (broad SMARTS) is 1. The van der Waals surface area contributed by atoms with Gasteiger partial charge in [-0.15, -0.1) is 0 Å². The van der Waals surface area contributed by atoms with Gasteiger partial charge in [0, 0.05) is 19.0 Å². The summed E-state index contributed by atoms with van der Waals surface area (Å²) < 4.78 is 40.3. The number of fused-ring (bicyclic) bond motifs is 1. The van der Waals surface area contributed by atoms with E-state index < -0.39 is 17.7 Å². The minimum atomic E-state index is -4.91. The van der Waals surface area contributed by atoms with Gasteiger partial charge in [-0.25, -0.2) is 4.79 Å². The van der Waals surface area contributed by atoms with Crippen LogP contribution in [0.25, 0.3) is 10.9 Å². The average Bonchev–Trinajstić information content (AvgIpc) is 2.72. The second-order valence-electron chi connectivity index (χ2n) is 4.87. The monoisotopic (exact) mass is 301 g/mol. The Balaban J connectivity index is 2.31. The number of hydrogen-bond acceptors (Lipinski definition) is 3. The topological polar surface area (TPSA) is 67.2 Å². The van der Waals surface area contributed by atoms with Crippen LogP contribution >= 0.6 is 0 Å². The van der Waals surface area contributed by atoms with Crippen molar-refractivity contribution in [3.05, 3.63) is 30.0 Å². The molecule has 1 atom stereocenters. The maximum Gasteiger partial charge on any atom is 0.417 e. The number of rotatable bonds is 4. The third-order valence-corrected chi connectivity index (χ3v) is 3.44. The van der Waals surface area contributed by atoms with Crippen LogP contribution in [0.1, 0.15) is 12.6 Å². The highest BCUT2D eigenvalue weighted by Crippen LogP contribution is 2.31. The zero-order valence-corrected chi connectivity index (χ0v) is 11.4. The highest BCUT2D eigenvalue weighted by molar-refractivity contribution is 5.82. The molecule has 0 aliphatic rings. The number of benzene rings is 1. The number of aromatic nitrogens is 2. The first-order valence-electron chi connectivity index (χ1n) is 6.12. The second kappa shape index (κ2) is 5.03. The summed E-state index contributed by atoms with van der Waals surface area (Å²) in [7, 11) is 1.67. The van der Waals surface area contributed by atoms with E-state index in [1.807, 2.05) is 0 Å². The predicted octanol–water partition coefficient (Wildman–Crippen LogP) is 2.07. The number of carboxylic acids is 1. The molecule has 0 radical (unpaired) electrons. The first-order chi connectivity index (χ1) is 9.67. The van der Waals surface area contributed by atoms with E-state index in [1.165, 1.54) is 4.68 Å². The third-order valence-electron chi connectivity index (χ3n) is 3.44. The number of para-hydroxylation sites is 1. The first kappa shape index (κ1) is 15.3. The molecule has 1 aromatic heterocycles. The summed E-state index contributed by atoms with van der Waals surface area (Å²) in [6.07, 6.45) is -4.91. The van der Waals surface area contributed by atoms with E-state index in [9.17, 15) is 18.0 Å². The molecule has 2 rings (SSSR count). The Kier molecular flexibility index (Phi) is 3.66. The van der Waals surface area contributed by atoms with Crippen LogP contribution in [0.3, 0.4) is 0 Å².